The van der Waals surface area contributed by atoms with Gasteiger partial charge in [0.15, 0.2) is 5.70 Å². The molecule has 0 atom stereocenters. The van der Waals surface area contributed by atoms with E-state index in [1.165, 1.54) is 0 Å². The number of hydrogen-bond acceptors (Lipinski definition) is 5. The van der Waals surface area contributed by atoms with Crippen molar-refractivity contribution >= 4 is 29.5 Å². The van der Waals surface area contributed by atoms with Crippen molar-refractivity contribution in [2.75, 3.05) is 13.2 Å². The maximum Gasteiger partial charge on any atom is 0.363 e. The Balaban J connectivity index is 1.37. The van der Waals surface area contributed by atoms with Crippen LogP contribution < -0.4 is 9.47 Å². The van der Waals surface area contributed by atoms with E-state index >= 15 is 0 Å². The predicted molar refractivity (Wildman–Crippen MR) is 121 cm³/mol. The molecule has 0 unspecified atom stereocenters. The molecule has 3 aromatic rings. The highest BCUT2D eigenvalue weighted by Gasteiger charge is 2.23. The molecule has 0 radical (unpaired) electrons. The zero-order valence-electron chi connectivity index (χ0n) is 16.9. The monoisotopic (exact) mass is 433 g/mol. The second kappa shape index (κ2) is 9.49. The molecule has 0 amide bonds. The molecule has 0 spiro atoms. The first-order valence-corrected chi connectivity index (χ1v) is 10.2. The summed E-state index contributed by atoms with van der Waals surface area (Å²) in [7, 11) is 0. The fourth-order valence-electron chi connectivity index (χ4n) is 2.99. The molecule has 0 fully saturated rings. The molecule has 5 nitrogen and oxygen atoms in total. The summed E-state index contributed by atoms with van der Waals surface area (Å²) in [5, 5.41) is 0.709. The Morgan fingerprint density at radius 3 is 2.42 bits per heavy atom. The molecule has 4 rings (SSSR count). The summed E-state index contributed by atoms with van der Waals surface area (Å²) < 4.78 is 16.8. The van der Waals surface area contributed by atoms with Crippen molar-refractivity contribution in [3.05, 3.63) is 100 Å². The third-order valence-electron chi connectivity index (χ3n) is 4.55. The number of carbonyl (C=O) groups excluding carboxylic acids is 1. The van der Waals surface area contributed by atoms with Crippen molar-refractivity contribution in [2.45, 2.75) is 6.92 Å². The number of carbonyl (C=O) groups is 1. The molecule has 0 aromatic heterocycles. The minimum atomic E-state index is -0.475. The number of halogens is 1. The zero-order chi connectivity index (χ0) is 21.6. The zero-order valence-corrected chi connectivity index (χ0v) is 17.6. The number of ether oxygens (including phenoxy) is 3. The lowest BCUT2D eigenvalue weighted by molar-refractivity contribution is -0.129. The average molecular weight is 434 g/mol. The first-order chi connectivity index (χ1) is 15.1. The molecular weight excluding hydrogens is 414 g/mol. The van der Waals surface area contributed by atoms with Crippen molar-refractivity contribution in [1.82, 2.24) is 0 Å². The van der Waals surface area contributed by atoms with Gasteiger partial charge in [0.05, 0.1) is 0 Å². The van der Waals surface area contributed by atoms with Crippen LogP contribution in [-0.2, 0) is 9.53 Å². The smallest absolute Gasteiger partial charge is 0.363 e. The largest absolute Gasteiger partial charge is 0.490 e. The van der Waals surface area contributed by atoms with E-state index in [1.807, 2.05) is 79.7 Å². The molecule has 0 saturated carbocycles. The van der Waals surface area contributed by atoms with Crippen LogP contribution in [0.1, 0.15) is 16.7 Å². The van der Waals surface area contributed by atoms with Crippen LogP contribution in [0, 0.1) is 6.92 Å². The van der Waals surface area contributed by atoms with Gasteiger partial charge in [-0.25, -0.2) is 9.79 Å². The highest BCUT2D eigenvalue weighted by atomic mass is 35.5. The maximum absolute atomic E-state index is 12.2. The lowest BCUT2D eigenvalue weighted by atomic mass is 10.2. The van der Waals surface area contributed by atoms with Crippen LogP contribution >= 0.6 is 11.6 Å². The summed E-state index contributed by atoms with van der Waals surface area (Å²) in [5.74, 6) is 1.25. The molecule has 0 saturated heterocycles. The number of esters is 1. The third kappa shape index (κ3) is 5.32. The molecule has 3 aromatic carbocycles. The van der Waals surface area contributed by atoms with E-state index in [0.29, 0.717) is 29.9 Å². The molecule has 0 bridgehead atoms. The molecule has 31 heavy (non-hydrogen) atoms. The highest BCUT2D eigenvalue weighted by Crippen LogP contribution is 2.22. The minimum absolute atomic E-state index is 0.248. The summed E-state index contributed by atoms with van der Waals surface area (Å²) in [6.07, 6.45) is 1.68. The second-order valence-electron chi connectivity index (χ2n) is 6.88. The Bertz CT molecular complexity index is 1160. The summed E-state index contributed by atoms with van der Waals surface area (Å²) in [5.41, 5.74) is 2.76. The van der Waals surface area contributed by atoms with Crippen LogP contribution in [0.25, 0.3) is 6.08 Å². The van der Waals surface area contributed by atoms with Gasteiger partial charge in [-0.3, -0.25) is 0 Å². The van der Waals surface area contributed by atoms with E-state index in [9.17, 15) is 4.79 Å². The van der Waals surface area contributed by atoms with Gasteiger partial charge in [-0.05, 0) is 66.6 Å². The van der Waals surface area contributed by atoms with E-state index in [1.54, 1.807) is 6.08 Å². The maximum atomic E-state index is 12.2. The van der Waals surface area contributed by atoms with Crippen LogP contribution in [0.2, 0.25) is 5.02 Å². The summed E-state index contributed by atoms with van der Waals surface area (Å²) in [6.45, 7) is 2.70. The number of cyclic esters (lactones) is 1. The lowest BCUT2D eigenvalue weighted by Gasteiger charge is -2.10. The van der Waals surface area contributed by atoms with E-state index in [2.05, 4.69) is 4.99 Å². The van der Waals surface area contributed by atoms with Gasteiger partial charge >= 0.3 is 5.97 Å². The topological polar surface area (TPSA) is 57.1 Å². The van der Waals surface area contributed by atoms with Gasteiger partial charge < -0.3 is 14.2 Å². The molecule has 156 valence electrons. The van der Waals surface area contributed by atoms with Crippen molar-refractivity contribution in [2.24, 2.45) is 4.99 Å². The Morgan fingerprint density at radius 1 is 0.935 bits per heavy atom. The summed E-state index contributed by atoms with van der Waals surface area (Å²) in [6, 6.07) is 22.2. The fourth-order valence-corrected chi connectivity index (χ4v) is 3.11. The van der Waals surface area contributed by atoms with Crippen LogP contribution in [-0.4, -0.2) is 25.1 Å². The molecular formula is C25H20ClNO4. The molecule has 6 heteroatoms. The number of aliphatic imine (C=N–C) groups is 1. The fraction of sp³-hybridized carbons (Fsp3) is 0.120. The van der Waals surface area contributed by atoms with Gasteiger partial charge in [-0.2, -0.15) is 0 Å². The minimum Gasteiger partial charge on any atom is -0.490 e. The van der Waals surface area contributed by atoms with Gasteiger partial charge in [0.1, 0.15) is 24.7 Å². The Morgan fingerprint density at radius 2 is 1.68 bits per heavy atom. The number of aryl methyl sites for hydroxylation is 1. The average Bonchev–Trinajstić information content (AvgIpc) is 3.15. The lowest BCUT2D eigenvalue weighted by Crippen LogP contribution is -2.09. The van der Waals surface area contributed by atoms with Gasteiger partial charge in [0.25, 0.3) is 0 Å². The molecule has 1 aliphatic rings. The molecule has 1 heterocycles. The van der Waals surface area contributed by atoms with E-state index in [4.69, 9.17) is 25.8 Å². The van der Waals surface area contributed by atoms with Crippen molar-refractivity contribution in [3.8, 4) is 11.5 Å². The van der Waals surface area contributed by atoms with E-state index < -0.39 is 5.97 Å². The predicted octanol–water partition coefficient (Wildman–Crippen LogP) is 5.45. The SMILES string of the molecule is Cc1cc(OCCOc2cccc(C=C3N=C(c4ccccc4)OC3=O)c2)ccc1Cl. The Hall–Kier alpha value is -3.57. The van der Waals surface area contributed by atoms with Crippen molar-refractivity contribution < 1.29 is 19.0 Å². The summed E-state index contributed by atoms with van der Waals surface area (Å²) in [4.78, 5) is 16.5. The van der Waals surface area contributed by atoms with Crippen LogP contribution in [0.3, 0.4) is 0 Å². The van der Waals surface area contributed by atoms with Crippen LogP contribution in [0.15, 0.2) is 83.5 Å². The van der Waals surface area contributed by atoms with Gasteiger partial charge in [-0.1, -0.05) is 41.9 Å². The van der Waals surface area contributed by atoms with E-state index in [0.717, 1.165) is 22.4 Å². The standard InChI is InChI=1S/C25H20ClNO4/c1-17-14-21(10-11-22(17)26)30-13-12-29-20-9-5-6-18(15-20)16-23-25(28)31-24(27-23)19-7-3-2-4-8-19/h2-11,14-16H,12-13H2,1H3. The quantitative estimate of drug-likeness (QED) is 0.282. The first-order valence-electron chi connectivity index (χ1n) is 9.78. The number of nitrogens with zero attached hydrogens (tertiary/aromatic N) is 1. The van der Waals surface area contributed by atoms with Crippen molar-refractivity contribution in [1.29, 1.82) is 0 Å². The Labute approximate surface area is 185 Å². The number of rotatable bonds is 7. The third-order valence-corrected chi connectivity index (χ3v) is 4.98. The number of benzene rings is 3. The Kier molecular flexibility index (Phi) is 6.34. The van der Waals surface area contributed by atoms with Gasteiger partial charge in [0, 0.05) is 10.6 Å². The van der Waals surface area contributed by atoms with Gasteiger partial charge in [0.2, 0.25) is 5.90 Å². The normalized spacial score (nSPS) is 14.3. The molecule has 0 aliphatic carbocycles. The van der Waals surface area contributed by atoms with Gasteiger partial charge in [-0.15, -0.1) is 0 Å². The number of hydrogen-bond donors (Lipinski definition) is 0. The van der Waals surface area contributed by atoms with Crippen LogP contribution in [0.4, 0.5) is 0 Å². The highest BCUT2D eigenvalue weighted by molar-refractivity contribution is 6.31. The van der Waals surface area contributed by atoms with Crippen molar-refractivity contribution in [3.63, 3.8) is 0 Å². The second-order valence-corrected chi connectivity index (χ2v) is 7.29. The summed E-state index contributed by atoms with van der Waals surface area (Å²) >= 11 is 6.02. The molecule has 0 N–H and O–H groups in total. The first kappa shape index (κ1) is 20.7. The van der Waals surface area contributed by atoms with E-state index in [-0.39, 0.29) is 5.70 Å². The van der Waals surface area contributed by atoms with Crippen LogP contribution in [0.5, 0.6) is 11.5 Å². The molecule has 1 aliphatic heterocycles.